The molecule has 0 aliphatic heterocycles. The number of benzene rings is 1. The Bertz CT molecular complexity index is 463. The van der Waals surface area contributed by atoms with Gasteiger partial charge in [-0.1, -0.05) is 0 Å². The largest absolute Gasteiger partial charge is 0.393 e. The molecule has 1 rings (SSSR count). The zero-order chi connectivity index (χ0) is 13.9. The van der Waals surface area contributed by atoms with Gasteiger partial charge in [-0.15, -0.1) is 0 Å². The highest BCUT2D eigenvalue weighted by Crippen LogP contribution is 2.27. The van der Waals surface area contributed by atoms with Crippen molar-refractivity contribution in [2.75, 3.05) is 18.5 Å². The van der Waals surface area contributed by atoms with E-state index < -0.39 is 28.6 Å². The second kappa shape index (κ2) is 5.28. The predicted octanol–water partition coefficient (Wildman–Crippen LogP) is 1.20. The van der Waals surface area contributed by atoms with Crippen LogP contribution in [0.25, 0.3) is 0 Å². The molecule has 0 heterocycles. The van der Waals surface area contributed by atoms with Crippen LogP contribution >= 0.6 is 0 Å². The minimum atomic E-state index is -1.41. The van der Waals surface area contributed by atoms with Crippen LogP contribution in [0.2, 0.25) is 0 Å². The third-order valence-corrected chi connectivity index (χ3v) is 2.47. The molecule has 0 saturated carbocycles. The molecule has 0 spiro atoms. The van der Waals surface area contributed by atoms with Gasteiger partial charge in [0.2, 0.25) is 0 Å². The van der Waals surface area contributed by atoms with Gasteiger partial charge in [0.05, 0.1) is 17.6 Å². The molecule has 0 saturated heterocycles. The first-order valence-corrected chi connectivity index (χ1v) is 5.28. The zero-order valence-electron chi connectivity index (χ0n) is 10.1. The van der Waals surface area contributed by atoms with E-state index in [1.165, 1.54) is 19.9 Å². The fourth-order valence-corrected chi connectivity index (χ4v) is 1.31. The van der Waals surface area contributed by atoms with E-state index in [9.17, 15) is 19.6 Å². The van der Waals surface area contributed by atoms with Gasteiger partial charge in [-0.05, 0) is 25.5 Å². The third kappa shape index (κ3) is 3.38. The number of aliphatic hydroxyl groups excluding tert-OH is 1. The van der Waals surface area contributed by atoms with Crippen molar-refractivity contribution < 1.29 is 19.5 Å². The van der Waals surface area contributed by atoms with Gasteiger partial charge >= 0.3 is 0 Å². The maximum absolute atomic E-state index is 13.2. The van der Waals surface area contributed by atoms with Crippen LogP contribution < -0.4 is 5.32 Å². The SMILES string of the molecule is Cc1cc(NCC(C)(O)CO)c([N+](=O)[O-])cc1F. The lowest BCUT2D eigenvalue weighted by Crippen LogP contribution is -2.37. The summed E-state index contributed by atoms with van der Waals surface area (Å²) in [6.07, 6.45) is 0. The van der Waals surface area contributed by atoms with Crippen LogP contribution in [-0.4, -0.2) is 33.9 Å². The van der Waals surface area contributed by atoms with Gasteiger partial charge in [-0.25, -0.2) is 4.39 Å². The summed E-state index contributed by atoms with van der Waals surface area (Å²) in [5, 5.41) is 31.8. The second-order valence-electron chi connectivity index (χ2n) is 4.38. The Balaban J connectivity index is 3.01. The summed E-state index contributed by atoms with van der Waals surface area (Å²) >= 11 is 0. The molecule has 0 fully saturated rings. The summed E-state index contributed by atoms with van der Waals surface area (Å²) < 4.78 is 13.2. The molecular weight excluding hydrogens is 243 g/mol. The number of aryl methyl sites for hydroxylation is 1. The standard InChI is InChI=1S/C11H15FN2O4/c1-7-3-9(13-5-11(2,16)6-15)10(14(17)18)4-8(7)12/h3-4,13,15-16H,5-6H2,1-2H3. The Morgan fingerprint density at radius 3 is 2.67 bits per heavy atom. The van der Waals surface area contributed by atoms with Gasteiger partial charge in [0.15, 0.2) is 0 Å². The van der Waals surface area contributed by atoms with Gasteiger partial charge in [0.1, 0.15) is 17.1 Å². The predicted molar refractivity (Wildman–Crippen MR) is 64.0 cm³/mol. The number of aliphatic hydroxyl groups is 2. The number of rotatable bonds is 5. The van der Waals surface area contributed by atoms with E-state index >= 15 is 0 Å². The smallest absolute Gasteiger partial charge is 0.295 e. The third-order valence-electron chi connectivity index (χ3n) is 2.47. The Morgan fingerprint density at radius 2 is 2.17 bits per heavy atom. The second-order valence-corrected chi connectivity index (χ2v) is 4.38. The maximum Gasteiger partial charge on any atom is 0.295 e. The van der Waals surface area contributed by atoms with E-state index in [1.807, 2.05) is 0 Å². The number of hydrogen-bond donors (Lipinski definition) is 3. The monoisotopic (exact) mass is 258 g/mol. The lowest BCUT2D eigenvalue weighted by atomic mass is 10.1. The van der Waals surface area contributed by atoms with Crippen molar-refractivity contribution in [3.05, 3.63) is 33.6 Å². The van der Waals surface area contributed by atoms with Crippen LogP contribution in [-0.2, 0) is 0 Å². The van der Waals surface area contributed by atoms with Gasteiger partial charge in [0.25, 0.3) is 5.69 Å². The van der Waals surface area contributed by atoms with E-state index in [2.05, 4.69) is 5.32 Å². The Hall–Kier alpha value is -1.73. The highest BCUT2D eigenvalue weighted by Gasteiger charge is 2.22. The summed E-state index contributed by atoms with van der Waals surface area (Å²) in [5.41, 5.74) is -1.46. The molecule has 100 valence electrons. The van der Waals surface area contributed by atoms with Crippen LogP contribution in [0.15, 0.2) is 12.1 Å². The molecule has 0 bridgehead atoms. The minimum Gasteiger partial charge on any atom is -0.393 e. The molecule has 0 radical (unpaired) electrons. The number of nitrogens with one attached hydrogen (secondary N) is 1. The van der Waals surface area contributed by atoms with Crippen LogP contribution in [0.4, 0.5) is 15.8 Å². The fourth-order valence-electron chi connectivity index (χ4n) is 1.31. The fraction of sp³-hybridized carbons (Fsp3) is 0.455. The van der Waals surface area contributed by atoms with E-state index in [4.69, 9.17) is 5.11 Å². The first-order chi connectivity index (χ1) is 8.26. The number of nitro benzene ring substituents is 1. The van der Waals surface area contributed by atoms with Crippen LogP contribution in [0.1, 0.15) is 12.5 Å². The van der Waals surface area contributed by atoms with Crippen LogP contribution in [0.5, 0.6) is 0 Å². The van der Waals surface area contributed by atoms with Gasteiger partial charge in [-0.2, -0.15) is 0 Å². The van der Waals surface area contributed by atoms with Gasteiger partial charge < -0.3 is 15.5 Å². The molecule has 1 aromatic carbocycles. The molecular formula is C11H15FN2O4. The minimum absolute atomic E-state index is 0.0879. The Kier molecular flexibility index (Phi) is 4.20. The van der Waals surface area contributed by atoms with Crippen molar-refractivity contribution in [2.24, 2.45) is 0 Å². The molecule has 0 amide bonds. The molecule has 7 heteroatoms. The van der Waals surface area contributed by atoms with Crippen molar-refractivity contribution in [1.29, 1.82) is 0 Å². The Morgan fingerprint density at radius 1 is 1.56 bits per heavy atom. The molecule has 1 atom stereocenters. The summed E-state index contributed by atoms with van der Waals surface area (Å²) in [6, 6.07) is 2.12. The first kappa shape index (κ1) is 14.3. The molecule has 0 aromatic heterocycles. The first-order valence-electron chi connectivity index (χ1n) is 5.28. The topological polar surface area (TPSA) is 95.6 Å². The molecule has 0 aliphatic rings. The Labute approximate surface area is 103 Å². The lowest BCUT2D eigenvalue weighted by molar-refractivity contribution is -0.384. The van der Waals surface area contributed by atoms with E-state index in [0.717, 1.165) is 6.07 Å². The molecule has 6 nitrogen and oxygen atoms in total. The highest BCUT2D eigenvalue weighted by molar-refractivity contribution is 5.63. The van der Waals surface area contributed by atoms with Crippen LogP contribution in [0.3, 0.4) is 0 Å². The molecule has 1 aromatic rings. The van der Waals surface area contributed by atoms with Crippen molar-refractivity contribution in [2.45, 2.75) is 19.4 Å². The van der Waals surface area contributed by atoms with Gasteiger partial charge in [0, 0.05) is 6.54 Å². The van der Waals surface area contributed by atoms with Crippen molar-refractivity contribution >= 4 is 11.4 Å². The normalized spacial score (nSPS) is 14.1. The summed E-state index contributed by atoms with van der Waals surface area (Å²) in [6.45, 7) is 2.28. The zero-order valence-corrected chi connectivity index (χ0v) is 10.1. The van der Waals surface area contributed by atoms with E-state index in [-0.39, 0.29) is 17.8 Å². The number of nitro groups is 1. The summed E-state index contributed by atoms with van der Waals surface area (Å²) in [7, 11) is 0. The quantitative estimate of drug-likeness (QED) is 0.544. The average molecular weight is 258 g/mol. The van der Waals surface area contributed by atoms with E-state index in [0.29, 0.717) is 0 Å². The van der Waals surface area contributed by atoms with E-state index in [1.54, 1.807) is 0 Å². The highest BCUT2D eigenvalue weighted by atomic mass is 19.1. The van der Waals surface area contributed by atoms with Crippen molar-refractivity contribution in [3.8, 4) is 0 Å². The number of hydrogen-bond acceptors (Lipinski definition) is 5. The molecule has 18 heavy (non-hydrogen) atoms. The van der Waals surface area contributed by atoms with Crippen LogP contribution in [0, 0.1) is 22.9 Å². The molecule has 0 aliphatic carbocycles. The summed E-state index contributed by atoms with van der Waals surface area (Å²) in [5.74, 6) is -0.666. The summed E-state index contributed by atoms with van der Waals surface area (Å²) in [4.78, 5) is 10.1. The van der Waals surface area contributed by atoms with Gasteiger partial charge in [-0.3, -0.25) is 10.1 Å². The lowest BCUT2D eigenvalue weighted by Gasteiger charge is -2.21. The number of anilines is 1. The molecule has 1 unspecified atom stereocenters. The average Bonchev–Trinajstić information content (AvgIpc) is 2.30. The number of nitrogens with zero attached hydrogens (tertiary/aromatic N) is 1. The molecule has 3 N–H and O–H groups in total. The van der Waals surface area contributed by atoms with Crippen molar-refractivity contribution in [1.82, 2.24) is 0 Å². The number of halogens is 1. The maximum atomic E-state index is 13.2. The van der Waals surface area contributed by atoms with Crippen molar-refractivity contribution in [3.63, 3.8) is 0 Å².